The van der Waals surface area contributed by atoms with Crippen molar-refractivity contribution in [2.75, 3.05) is 27.2 Å². The summed E-state index contributed by atoms with van der Waals surface area (Å²) in [7, 11) is 3.55. The van der Waals surface area contributed by atoms with E-state index >= 15 is 0 Å². The molecular weight excluding hydrogens is 354 g/mol. The van der Waals surface area contributed by atoms with Crippen LogP contribution in [0.4, 0.5) is 0 Å². The number of ether oxygens (including phenoxy) is 1. The SMILES string of the molecule is COc1ccc(C(C)N(C)CC(=O)N(CCC(N)=O)Cc2ccccc2)cc1. The molecule has 0 bridgehead atoms. The molecule has 6 nitrogen and oxygen atoms in total. The highest BCUT2D eigenvalue weighted by molar-refractivity contribution is 5.79. The molecule has 1 unspecified atom stereocenters. The van der Waals surface area contributed by atoms with Crippen molar-refractivity contribution in [1.29, 1.82) is 0 Å². The summed E-state index contributed by atoms with van der Waals surface area (Å²) in [5.41, 5.74) is 7.41. The minimum absolute atomic E-state index is 0.0343. The first kappa shape index (κ1) is 21.4. The number of likely N-dealkylation sites (N-methyl/N-ethyl adjacent to an activating group) is 1. The number of methoxy groups -OCH3 is 1. The Morgan fingerprint density at radius 2 is 1.71 bits per heavy atom. The molecule has 0 aromatic heterocycles. The zero-order valence-corrected chi connectivity index (χ0v) is 16.8. The van der Waals surface area contributed by atoms with Crippen LogP contribution in [0, 0.1) is 0 Å². The molecule has 0 fully saturated rings. The summed E-state index contributed by atoms with van der Waals surface area (Å²) in [6.45, 7) is 3.07. The smallest absolute Gasteiger partial charge is 0.237 e. The number of carbonyl (C=O) groups excluding carboxylic acids is 2. The van der Waals surface area contributed by atoms with E-state index in [1.54, 1.807) is 12.0 Å². The van der Waals surface area contributed by atoms with Gasteiger partial charge in [-0.05, 0) is 37.2 Å². The molecule has 150 valence electrons. The van der Waals surface area contributed by atoms with Gasteiger partial charge in [0.25, 0.3) is 0 Å². The summed E-state index contributed by atoms with van der Waals surface area (Å²) < 4.78 is 5.20. The summed E-state index contributed by atoms with van der Waals surface area (Å²) >= 11 is 0. The number of carbonyl (C=O) groups is 2. The van der Waals surface area contributed by atoms with Gasteiger partial charge in [-0.2, -0.15) is 0 Å². The molecule has 2 amide bonds. The molecule has 0 aliphatic carbocycles. The summed E-state index contributed by atoms with van der Waals surface area (Å²) in [6.07, 6.45) is 0.149. The summed E-state index contributed by atoms with van der Waals surface area (Å²) in [4.78, 5) is 27.8. The van der Waals surface area contributed by atoms with E-state index in [1.165, 1.54) is 0 Å². The van der Waals surface area contributed by atoms with Crippen molar-refractivity contribution in [3.8, 4) is 5.75 Å². The van der Waals surface area contributed by atoms with Crippen LogP contribution in [-0.2, 0) is 16.1 Å². The van der Waals surface area contributed by atoms with E-state index in [0.717, 1.165) is 16.9 Å². The topological polar surface area (TPSA) is 75.9 Å². The maximum atomic E-state index is 12.9. The fraction of sp³-hybridized carbons (Fsp3) is 0.364. The van der Waals surface area contributed by atoms with Crippen molar-refractivity contribution < 1.29 is 14.3 Å². The standard InChI is InChI=1S/C22H29N3O3/c1-17(19-9-11-20(28-3)12-10-19)24(2)16-22(27)25(14-13-21(23)26)15-18-7-5-4-6-8-18/h4-12,17H,13-16H2,1-3H3,(H2,23,26). The molecule has 1 atom stereocenters. The van der Waals surface area contributed by atoms with E-state index in [-0.39, 0.29) is 24.9 Å². The van der Waals surface area contributed by atoms with Gasteiger partial charge in [0.1, 0.15) is 5.75 Å². The number of rotatable bonds is 10. The second-order valence-corrected chi connectivity index (χ2v) is 6.88. The lowest BCUT2D eigenvalue weighted by atomic mass is 10.1. The fourth-order valence-electron chi connectivity index (χ4n) is 2.93. The molecule has 2 aromatic rings. The average molecular weight is 383 g/mol. The first-order valence-electron chi connectivity index (χ1n) is 9.35. The Bertz CT molecular complexity index is 762. The second kappa shape index (κ2) is 10.5. The molecule has 2 N–H and O–H groups in total. The number of amides is 2. The lowest BCUT2D eigenvalue weighted by Gasteiger charge is -2.29. The predicted octanol–water partition coefficient (Wildman–Crippen LogP) is 2.59. The van der Waals surface area contributed by atoms with Gasteiger partial charge in [-0.3, -0.25) is 14.5 Å². The fourth-order valence-corrected chi connectivity index (χ4v) is 2.93. The molecule has 0 saturated heterocycles. The van der Waals surface area contributed by atoms with Gasteiger partial charge in [0.2, 0.25) is 11.8 Å². The molecule has 0 aliphatic rings. The molecule has 2 aromatic carbocycles. The van der Waals surface area contributed by atoms with Gasteiger partial charge in [0.05, 0.1) is 13.7 Å². The van der Waals surface area contributed by atoms with E-state index in [4.69, 9.17) is 10.5 Å². The summed E-state index contributed by atoms with van der Waals surface area (Å²) in [6, 6.07) is 17.6. The molecule has 0 heterocycles. The minimum Gasteiger partial charge on any atom is -0.497 e. The monoisotopic (exact) mass is 383 g/mol. The van der Waals surface area contributed by atoms with E-state index in [9.17, 15) is 9.59 Å². The lowest BCUT2D eigenvalue weighted by Crippen LogP contribution is -2.40. The maximum absolute atomic E-state index is 12.9. The number of primary amides is 1. The number of hydrogen-bond acceptors (Lipinski definition) is 4. The Hall–Kier alpha value is -2.86. The Morgan fingerprint density at radius 1 is 1.07 bits per heavy atom. The third-order valence-corrected chi connectivity index (χ3v) is 4.84. The van der Waals surface area contributed by atoms with Crippen molar-refractivity contribution in [3.05, 3.63) is 65.7 Å². The largest absolute Gasteiger partial charge is 0.497 e. The van der Waals surface area contributed by atoms with Gasteiger partial charge >= 0.3 is 0 Å². The molecule has 0 spiro atoms. The average Bonchev–Trinajstić information content (AvgIpc) is 2.71. The van der Waals surface area contributed by atoms with E-state index in [2.05, 4.69) is 6.92 Å². The molecule has 28 heavy (non-hydrogen) atoms. The van der Waals surface area contributed by atoms with Gasteiger partial charge in [0, 0.05) is 25.6 Å². The van der Waals surface area contributed by atoms with Crippen molar-refractivity contribution in [2.45, 2.75) is 25.9 Å². The second-order valence-electron chi connectivity index (χ2n) is 6.88. The quantitative estimate of drug-likeness (QED) is 0.684. The molecule has 0 radical (unpaired) electrons. The van der Waals surface area contributed by atoms with Crippen LogP contribution in [0.15, 0.2) is 54.6 Å². The van der Waals surface area contributed by atoms with E-state index in [1.807, 2.05) is 66.5 Å². The van der Waals surface area contributed by atoms with Gasteiger partial charge < -0.3 is 15.4 Å². The Balaban J connectivity index is 2.03. The van der Waals surface area contributed by atoms with Gasteiger partial charge in [-0.25, -0.2) is 0 Å². The highest BCUT2D eigenvalue weighted by atomic mass is 16.5. The number of nitrogens with zero attached hydrogens (tertiary/aromatic N) is 2. The van der Waals surface area contributed by atoms with Crippen molar-refractivity contribution in [2.24, 2.45) is 5.73 Å². The van der Waals surface area contributed by atoms with Crippen molar-refractivity contribution in [1.82, 2.24) is 9.80 Å². The van der Waals surface area contributed by atoms with Crippen LogP contribution in [0.2, 0.25) is 0 Å². The van der Waals surface area contributed by atoms with Gasteiger partial charge in [0.15, 0.2) is 0 Å². The Morgan fingerprint density at radius 3 is 2.29 bits per heavy atom. The van der Waals surface area contributed by atoms with Crippen LogP contribution in [0.5, 0.6) is 5.75 Å². The molecule has 0 aliphatic heterocycles. The predicted molar refractivity (Wildman–Crippen MR) is 110 cm³/mol. The van der Waals surface area contributed by atoms with Crippen LogP contribution in [-0.4, -0.2) is 48.9 Å². The normalized spacial score (nSPS) is 11.9. The van der Waals surface area contributed by atoms with Gasteiger partial charge in [-0.15, -0.1) is 0 Å². The molecule has 2 rings (SSSR count). The Kier molecular flexibility index (Phi) is 8.02. The maximum Gasteiger partial charge on any atom is 0.237 e. The van der Waals surface area contributed by atoms with E-state index in [0.29, 0.717) is 13.1 Å². The van der Waals surface area contributed by atoms with Crippen LogP contribution in [0.25, 0.3) is 0 Å². The Labute approximate surface area is 166 Å². The summed E-state index contributed by atoms with van der Waals surface area (Å²) in [5, 5.41) is 0. The zero-order chi connectivity index (χ0) is 20.5. The lowest BCUT2D eigenvalue weighted by molar-refractivity contribution is -0.133. The van der Waals surface area contributed by atoms with Crippen molar-refractivity contribution >= 4 is 11.8 Å². The van der Waals surface area contributed by atoms with Gasteiger partial charge in [-0.1, -0.05) is 42.5 Å². The van der Waals surface area contributed by atoms with Crippen molar-refractivity contribution in [3.63, 3.8) is 0 Å². The zero-order valence-electron chi connectivity index (χ0n) is 16.8. The summed E-state index contributed by atoms with van der Waals surface area (Å²) in [5.74, 6) is 0.356. The van der Waals surface area contributed by atoms with E-state index < -0.39 is 5.91 Å². The molecular formula is C22H29N3O3. The third-order valence-electron chi connectivity index (χ3n) is 4.84. The van der Waals surface area contributed by atoms with Crippen LogP contribution >= 0.6 is 0 Å². The number of benzene rings is 2. The molecule has 6 heteroatoms. The number of nitrogens with two attached hydrogens (primary N) is 1. The van der Waals surface area contributed by atoms with Crippen LogP contribution in [0.3, 0.4) is 0 Å². The number of hydrogen-bond donors (Lipinski definition) is 1. The first-order valence-corrected chi connectivity index (χ1v) is 9.35. The highest BCUT2D eigenvalue weighted by Crippen LogP contribution is 2.21. The highest BCUT2D eigenvalue weighted by Gasteiger charge is 2.20. The molecule has 0 saturated carbocycles. The van der Waals surface area contributed by atoms with Crippen LogP contribution in [0.1, 0.15) is 30.5 Å². The van der Waals surface area contributed by atoms with Crippen LogP contribution < -0.4 is 10.5 Å². The third kappa shape index (κ3) is 6.39. The first-order chi connectivity index (χ1) is 13.4. The minimum atomic E-state index is -0.411.